The third-order valence-electron chi connectivity index (χ3n) is 3.37. The normalized spacial score (nSPS) is 18.3. The molecule has 0 saturated carbocycles. The number of nitrogens with one attached hydrogen (secondary N) is 1. The van der Waals surface area contributed by atoms with E-state index in [4.69, 9.17) is 11.6 Å². The number of fused-ring (bicyclic) bond motifs is 1. The van der Waals surface area contributed by atoms with E-state index in [1.54, 1.807) is 0 Å². The zero-order valence-electron chi connectivity index (χ0n) is 9.28. The van der Waals surface area contributed by atoms with Crippen LogP contribution in [0.4, 0.5) is 5.69 Å². The van der Waals surface area contributed by atoms with Gasteiger partial charge in [-0.15, -0.1) is 12.4 Å². The van der Waals surface area contributed by atoms with Crippen LogP contribution in [0, 0.1) is 5.92 Å². The van der Waals surface area contributed by atoms with Gasteiger partial charge in [0.2, 0.25) is 5.91 Å². The molecule has 0 radical (unpaired) electrons. The van der Waals surface area contributed by atoms with Crippen molar-refractivity contribution in [2.75, 3.05) is 24.5 Å². The maximum absolute atomic E-state index is 12.1. The van der Waals surface area contributed by atoms with Crippen molar-refractivity contribution in [2.45, 2.75) is 6.42 Å². The molecule has 1 amide bonds. The van der Waals surface area contributed by atoms with E-state index >= 15 is 0 Å². The highest BCUT2D eigenvalue weighted by atomic mass is 35.5. The molecule has 1 saturated heterocycles. The van der Waals surface area contributed by atoms with E-state index < -0.39 is 0 Å². The minimum Gasteiger partial charge on any atom is -0.315 e. The van der Waals surface area contributed by atoms with Crippen molar-refractivity contribution >= 4 is 35.6 Å². The quantitative estimate of drug-likeness (QED) is 0.847. The van der Waals surface area contributed by atoms with Gasteiger partial charge in [-0.25, -0.2) is 0 Å². The summed E-state index contributed by atoms with van der Waals surface area (Å²) in [5, 5.41) is 3.90. The summed E-state index contributed by atoms with van der Waals surface area (Å²) in [6.45, 7) is 2.39. The third kappa shape index (κ3) is 2.03. The average molecular weight is 273 g/mol. The van der Waals surface area contributed by atoms with Gasteiger partial charge in [0.05, 0.1) is 5.92 Å². The molecule has 3 rings (SSSR count). The van der Waals surface area contributed by atoms with Gasteiger partial charge in [0.25, 0.3) is 0 Å². The molecule has 3 nitrogen and oxygen atoms in total. The van der Waals surface area contributed by atoms with Crippen molar-refractivity contribution in [3.8, 4) is 0 Å². The molecule has 1 fully saturated rings. The molecular weight excluding hydrogens is 259 g/mol. The minimum atomic E-state index is 0. The Labute approximate surface area is 112 Å². The van der Waals surface area contributed by atoms with Crippen LogP contribution in [0.1, 0.15) is 5.56 Å². The summed E-state index contributed by atoms with van der Waals surface area (Å²) in [6, 6.07) is 5.78. The lowest BCUT2D eigenvalue weighted by atomic mass is 10.0. The molecule has 17 heavy (non-hydrogen) atoms. The van der Waals surface area contributed by atoms with Crippen molar-refractivity contribution in [1.29, 1.82) is 0 Å². The Morgan fingerprint density at radius 3 is 2.82 bits per heavy atom. The molecule has 0 atom stereocenters. The SMILES string of the molecule is Cl.O=C(C1CNC1)N1CCc2c(Cl)cccc21. The van der Waals surface area contributed by atoms with Crippen LogP contribution in [0.2, 0.25) is 5.02 Å². The van der Waals surface area contributed by atoms with Crippen LogP contribution in [-0.2, 0) is 11.2 Å². The highest BCUT2D eigenvalue weighted by Gasteiger charge is 2.33. The van der Waals surface area contributed by atoms with E-state index in [1.165, 1.54) is 0 Å². The molecular formula is C12H14Cl2N2O. The van der Waals surface area contributed by atoms with Crippen LogP contribution in [0.3, 0.4) is 0 Å². The number of carbonyl (C=O) groups is 1. The van der Waals surface area contributed by atoms with Crippen molar-refractivity contribution in [2.24, 2.45) is 5.92 Å². The summed E-state index contributed by atoms with van der Waals surface area (Å²) in [5.41, 5.74) is 2.12. The van der Waals surface area contributed by atoms with Crippen LogP contribution in [0.25, 0.3) is 0 Å². The number of amides is 1. The number of nitrogens with zero attached hydrogens (tertiary/aromatic N) is 1. The number of anilines is 1. The first-order chi connectivity index (χ1) is 7.77. The molecule has 0 spiro atoms. The van der Waals surface area contributed by atoms with Crippen molar-refractivity contribution in [3.63, 3.8) is 0 Å². The Balaban J connectivity index is 0.00000108. The van der Waals surface area contributed by atoms with E-state index in [1.807, 2.05) is 23.1 Å². The first kappa shape index (κ1) is 12.7. The Morgan fingerprint density at radius 1 is 1.41 bits per heavy atom. The first-order valence-corrected chi connectivity index (χ1v) is 5.94. The smallest absolute Gasteiger partial charge is 0.232 e. The summed E-state index contributed by atoms with van der Waals surface area (Å²) < 4.78 is 0. The second kappa shape index (κ2) is 4.84. The highest BCUT2D eigenvalue weighted by molar-refractivity contribution is 6.32. The summed E-state index contributed by atoms with van der Waals surface area (Å²) in [5.74, 6) is 0.393. The summed E-state index contributed by atoms with van der Waals surface area (Å²) in [6.07, 6.45) is 0.876. The molecule has 2 heterocycles. The zero-order chi connectivity index (χ0) is 11.1. The fourth-order valence-electron chi connectivity index (χ4n) is 2.30. The van der Waals surface area contributed by atoms with Crippen LogP contribution < -0.4 is 10.2 Å². The van der Waals surface area contributed by atoms with Gasteiger partial charge in [-0.1, -0.05) is 17.7 Å². The lowest BCUT2D eigenvalue weighted by Crippen LogP contribution is -2.51. The number of hydrogen-bond acceptors (Lipinski definition) is 2. The molecule has 2 aliphatic heterocycles. The molecule has 5 heteroatoms. The van der Waals surface area contributed by atoms with E-state index in [0.717, 1.165) is 42.3 Å². The van der Waals surface area contributed by atoms with Gasteiger partial charge in [0.15, 0.2) is 0 Å². The average Bonchev–Trinajstić information content (AvgIpc) is 2.59. The molecule has 0 bridgehead atoms. The lowest BCUT2D eigenvalue weighted by molar-refractivity contribution is -0.123. The molecule has 0 unspecified atom stereocenters. The van der Waals surface area contributed by atoms with Gasteiger partial charge in [0.1, 0.15) is 0 Å². The van der Waals surface area contributed by atoms with Crippen molar-refractivity contribution < 1.29 is 4.79 Å². The zero-order valence-corrected chi connectivity index (χ0v) is 10.9. The summed E-state index contributed by atoms with van der Waals surface area (Å²) in [7, 11) is 0. The molecule has 1 aromatic carbocycles. The molecule has 0 aliphatic carbocycles. The van der Waals surface area contributed by atoms with Gasteiger partial charge in [0, 0.05) is 30.3 Å². The Kier molecular flexibility index (Phi) is 3.61. The monoisotopic (exact) mass is 272 g/mol. The molecule has 2 aliphatic rings. The minimum absolute atomic E-state index is 0. The van der Waals surface area contributed by atoms with Crippen LogP contribution in [-0.4, -0.2) is 25.5 Å². The highest BCUT2D eigenvalue weighted by Crippen LogP contribution is 2.34. The van der Waals surface area contributed by atoms with Gasteiger partial charge in [-0.3, -0.25) is 4.79 Å². The molecule has 0 aromatic heterocycles. The topological polar surface area (TPSA) is 32.3 Å². The van der Waals surface area contributed by atoms with E-state index in [0.29, 0.717) is 0 Å². The van der Waals surface area contributed by atoms with Crippen molar-refractivity contribution in [3.05, 3.63) is 28.8 Å². The molecule has 1 N–H and O–H groups in total. The molecule has 1 aromatic rings. The lowest BCUT2D eigenvalue weighted by Gasteiger charge is -2.30. The van der Waals surface area contributed by atoms with Crippen LogP contribution >= 0.6 is 24.0 Å². The van der Waals surface area contributed by atoms with E-state index in [9.17, 15) is 4.79 Å². The van der Waals surface area contributed by atoms with Gasteiger partial charge in [-0.2, -0.15) is 0 Å². The maximum Gasteiger partial charge on any atom is 0.232 e. The number of rotatable bonds is 1. The van der Waals surface area contributed by atoms with Crippen molar-refractivity contribution in [1.82, 2.24) is 5.32 Å². The van der Waals surface area contributed by atoms with E-state index in [2.05, 4.69) is 5.32 Å². The predicted octanol–water partition coefficient (Wildman–Crippen LogP) is 1.87. The fourth-order valence-corrected chi connectivity index (χ4v) is 2.57. The number of halogens is 2. The van der Waals surface area contributed by atoms with Crippen LogP contribution in [0.15, 0.2) is 18.2 Å². The second-order valence-electron chi connectivity index (χ2n) is 4.33. The number of hydrogen-bond donors (Lipinski definition) is 1. The van der Waals surface area contributed by atoms with E-state index in [-0.39, 0.29) is 24.2 Å². The van der Waals surface area contributed by atoms with Gasteiger partial charge >= 0.3 is 0 Å². The third-order valence-corrected chi connectivity index (χ3v) is 3.72. The molecule has 92 valence electrons. The maximum atomic E-state index is 12.1. The standard InChI is InChI=1S/C12H13ClN2O.ClH/c13-10-2-1-3-11-9(10)4-5-15(11)12(16)8-6-14-7-8;/h1-3,8,14H,4-7H2;1H. The number of carbonyl (C=O) groups excluding carboxylic acids is 1. The van der Waals surface area contributed by atoms with Gasteiger partial charge in [-0.05, 0) is 24.1 Å². The Bertz CT molecular complexity index is 446. The first-order valence-electron chi connectivity index (χ1n) is 5.57. The largest absolute Gasteiger partial charge is 0.315 e. The van der Waals surface area contributed by atoms with Crippen LogP contribution in [0.5, 0.6) is 0 Å². The Hall–Kier alpha value is -0.770. The fraction of sp³-hybridized carbons (Fsp3) is 0.417. The number of benzene rings is 1. The predicted molar refractivity (Wildman–Crippen MR) is 71.1 cm³/mol. The summed E-state index contributed by atoms with van der Waals surface area (Å²) >= 11 is 6.12. The van der Waals surface area contributed by atoms with Gasteiger partial charge < -0.3 is 10.2 Å². The Morgan fingerprint density at radius 2 is 2.18 bits per heavy atom. The summed E-state index contributed by atoms with van der Waals surface area (Å²) in [4.78, 5) is 14.0. The second-order valence-corrected chi connectivity index (χ2v) is 4.74.